The van der Waals surface area contributed by atoms with E-state index >= 15 is 0 Å². The number of aromatic nitrogens is 1. The molecule has 1 aromatic carbocycles. The third-order valence-corrected chi connectivity index (χ3v) is 5.61. The van der Waals surface area contributed by atoms with Gasteiger partial charge in [-0.15, -0.1) is 0 Å². The van der Waals surface area contributed by atoms with Gasteiger partial charge in [0, 0.05) is 25.2 Å². The van der Waals surface area contributed by atoms with E-state index < -0.39 is 11.7 Å². The van der Waals surface area contributed by atoms with Gasteiger partial charge in [0.2, 0.25) is 11.8 Å². The van der Waals surface area contributed by atoms with E-state index in [1.165, 1.54) is 4.90 Å². The smallest absolute Gasteiger partial charge is 0.355 e. The fourth-order valence-corrected chi connectivity index (χ4v) is 4.09. The van der Waals surface area contributed by atoms with Crippen molar-refractivity contribution in [3.05, 3.63) is 47.1 Å². The maximum absolute atomic E-state index is 13.1. The summed E-state index contributed by atoms with van der Waals surface area (Å²) in [6.07, 6.45) is -2.77. The van der Waals surface area contributed by atoms with Crippen LogP contribution in [0.15, 0.2) is 36.5 Å². The van der Waals surface area contributed by atoms with Crippen LogP contribution < -0.4 is 15.1 Å². The number of nitrogens with one attached hydrogen (secondary N) is 1. The summed E-state index contributed by atoms with van der Waals surface area (Å²) in [6, 6.07) is 7.98. The number of hydrogen-bond donors (Lipinski definition) is 1. The maximum atomic E-state index is 13.1. The van der Waals surface area contributed by atoms with Gasteiger partial charge in [-0.05, 0) is 31.0 Å². The van der Waals surface area contributed by atoms with E-state index in [9.17, 15) is 22.8 Å². The van der Waals surface area contributed by atoms with Crippen LogP contribution in [-0.2, 0) is 15.8 Å². The van der Waals surface area contributed by atoms with E-state index in [4.69, 9.17) is 11.6 Å². The van der Waals surface area contributed by atoms with Crippen molar-refractivity contribution in [2.24, 2.45) is 5.92 Å². The number of pyridine rings is 1. The fourth-order valence-electron chi connectivity index (χ4n) is 3.81. The lowest BCUT2D eigenvalue weighted by Crippen LogP contribution is -2.47. The van der Waals surface area contributed by atoms with Crippen molar-refractivity contribution in [1.82, 2.24) is 4.98 Å². The second-order valence-corrected chi connectivity index (χ2v) is 7.69. The number of benzene rings is 1. The molecule has 0 unspecified atom stereocenters. The highest BCUT2D eigenvalue weighted by atomic mass is 35.5. The first-order chi connectivity index (χ1) is 14.2. The predicted molar refractivity (Wildman–Crippen MR) is 107 cm³/mol. The second kappa shape index (κ2) is 7.79. The number of piperidine rings is 1. The lowest BCUT2D eigenvalue weighted by Gasteiger charge is -2.36. The van der Waals surface area contributed by atoms with Crippen molar-refractivity contribution in [1.29, 1.82) is 0 Å². The molecule has 0 spiro atoms. The second-order valence-electron chi connectivity index (χ2n) is 7.28. The minimum absolute atomic E-state index is 0.0393. The van der Waals surface area contributed by atoms with Crippen LogP contribution in [0.4, 0.5) is 30.4 Å². The Kier molecular flexibility index (Phi) is 5.31. The lowest BCUT2D eigenvalue weighted by molar-refractivity contribution is -0.137. The van der Waals surface area contributed by atoms with Crippen LogP contribution in [0.1, 0.15) is 18.4 Å². The van der Waals surface area contributed by atoms with E-state index in [1.807, 2.05) is 0 Å². The SMILES string of the molecule is O=C1CN(C(=O)C2CCN(c3ncc(C(F)(F)F)cc3Cl)CC2)c2ccccc2N1. The topological polar surface area (TPSA) is 65.5 Å². The van der Waals surface area contributed by atoms with Crippen LogP contribution in [0.2, 0.25) is 5.02 Å². The van der Waals surface area contributed by atoms with E-state index in [-0.39, 0.29) is 35.1 Å². The summed E-state index contributed by atoms with van der Waals surface area (Å²) in [5.41, 5.74) is 0.362. The zero-order valence-corrected chi connectivity index (χ0v) is 16.5. The van der Waals surface area contributed by atoms with Crippen LogP contribution >= 0.6 is 11.6 Å². The molecule has 0 aliphatic carbocycles. The predicted octanol–water partition coefficient (Wildman–Crippen LogP) is 3.96. The van der Waals surface area contributed by atoms with Crippen molar-refractivity contribution in [2.45, 2.75) is 19.0 Å². The van der Waals surface area contributed by atoms with Crippen LogP contribution in [-0.4, -0.2) is 36.4 Å². The van der Waals surface area contributed by atoms with E-state index in [0.717, 1.165) is 12.3 Å². The molecule has 1 N–H and O–H groups in total. The number of rotatable bonds is 2. The van der Waals surface area contributed by atoms with Gasteiger partial charge in [-0.25, -0.2) is 4.98 Å². The summed E-state index contributed by atoms with van der Waals surface area (Å²) in [7, 11) is 0. The van der Waals surface area contributed by atoms with Gasteiger partial charge in [0.15, 0.2) is 0 Å². The van der Waals surface area contributed by atoms with E-state index in [0.29, 0.717) is 37.3 Å². The molecular formula is C20H18ClF3N4O2. The number of anilines is 3. The summed E-state index contributed by atoms with van der Waals surface area (Å²) >= 11 is 6.04. The van der Waals surface area contributed by atoms with E-state index in [1.54, 1.807) is 29.2 Å². The molecule has 0 saturated carbocycles. The molecule has 4 rings (SSSR count). The van der Waals surface area contributed by atoms with Gasteiger partial charge in [-0.2, -0.15) is 13.2 Å². The van der Waals surface area contributed by atoms with Crippen LogP contribution in [0.3, 0.4) is 0 Å². The summed E-state index contributed by atoms with van der Waals surface area (Å²) in [5, 5.41) is 2.68. The molecule has 3 heterocycles. The molecule has 10 heteroatoms. The lowest BCUT2D eigenvalue weighted by atomic mass is 9.94. The summed E-state index contributed by atoms with van der Waals surface area (Å²) in [6.45, 7) is 0.814. The normalized spacial score (nSPS) is 17.5. The first kappa shape index (κ1) is 20.5. The van der Waals surface area contributed by atoms with Crippen molar-refractivity contribution in [2.75, 3.05) is 34.8 Å². The fraction of sp³-hybridized carbons (Fsp3) is 0.350. The monoisotopic (exact) mass is 438 g/mol. The molecule has 30 heavy (non-hydrogen) atoms. The molecule has 2 aromatic rings. The molecule has 2 aliphatic rings. The number of fused-ring (bicyclic) bond motifs is 1. The van der Waals surface area contributed by atoms with Crippen molar-refractivity contribution in [3.63, 3.8) is 0 Å². The molecule has 1 aromatic heterocycles. The minimum atomic E-state index is -4.51. The molecule has 1 saturated heterocycles. The standard InChI is InChI=1S/C20H18ClF3N4O2/c21-14-9-13(20(22,23)24)10-25-18(14)27-7-5-12(6-8-27)19(30)28-11-17(29)26-15-3-1-2-4-16(15)28/h1-4,9-10,12H,5-8,11H2,(H,26,29). The molecule has 0 atom stereocenters. The number of halogens is 4. The Morgan fingerprint density at radius 2 is 1.90 bits per heavy atom. The zero-order valence-electron chi connectivity index (χ0n) is 15.7. The van der Waals surface area contributed by atoms with Crippen LogP contribution in [0.25, 0.3) is 0 Å². The first-order valence-electron chi connectivity index (χ1n) is 9.42. The first-order valence-corrected chi connectivity index (χ1v) is 9.80. The van der Waals surface area contributed by atoms with Gasteiger partial charge in [0.25, 0.3) is 0 Å². The Morgan fingerprint density at radius 1 is 1.20 bits per heavy atom. The Bertz CT molecular complexity index is 990. The summed E-state index contributed by atoms with van der Waals surface area (Å²) in [5.74, 6) is -0.407. The number of carbonyl (C=O) groups excluding carboxylic acids is 2. The number of carbonyl (C=O) groups is 2. The van der Waals surface area contributed by atoms with Crippen molar-refractivity contribution >= 4 is 40.6 Å². The molecule has 158 valence electrons. The Labute approximate surface area is 175 Å². The molecule has 6 nitrogen and oxygen atoms in total. The minimum Gasteiger partial charge on any atom is -0.355 e. The van der Waals surface area contributed by atoms with Gasteiger partial charge >= 0.3 is 6.18 Å². The van der Waals surface area contributed by atoms with Gasteiger partial charge < -0.3 is 15.1 Å². The molecule has 2 aliphatic heterocycles. The highest BCUT2D eigenvalue weighted by molar-refractivity contribution is 6.33. The van der Waals surface area contributed by atoms with Crippen molar-refractivity contribution in [3.8, 4) is 0 Å². The van der Waals surface area contributed by atoms with Gasteiger partial charge in [0.1, 0.15) is 12.4 Å². The van der Waals surface area contributed by atoms with Gasteiger partial charge in [-0.3, -0.25) is 9.59 Å². The maximum Gasteiger partial charge on any atom is 0.417 e. The quantitative estimate of drug-likeness (QED) is 0.771. The van der Waals surface area contributed by atoms with Crippen molar-refractivity contribution < 1.29 is 22.8 Å². The average molecular weight is 439 g/mol. The Morgan fingerprint density at radius 3 is 2.57 bits per heavy atom. The largest absolute Gasteiger partial charge is 0.417 e. The molecule has 0 radical (unpaired) electrons. The van der Waals surface area contributed by atoms with Gasteiger partial charge in [0.05, 0.1) is 22.0 Å². The highest BCUT2D eigenvalue weighted by Gasteiger charge is 2.35. The van der Waals surface area contributed by atoms with Gasteiger partial charge in [-0.1, -0.05) is 23.7 Å². The summed E-state index contributed by atoms with van der Waals surface area (Å²) in [4.78, 5) is 32.2. The Balaban J connectivity index is 1.45. The third kappa shape index (κ3) is 3.94. The highest BCUT2D eigenvalue weighted by Crippen LogP contribution is 2.36. The average Bonchev–Trinajstić information content (AvgIpc) is 2.72. The third-order valence-electron chi connectivity index (χ3n) is 5.33. The summed E-state index contributed by atoms with van der Waals surface area (Å²) < 4.78 is 38.4. The van der Waals surface area contributed by atoms with E-state index in [2.05, 4.69) is 10.3 Å². The molecule has 2 amide bonds. The zero-order chi connectivity index (χ0) is 21.5. The Hall–Kier alpha value is -2.81. The molecule has 1 fully saturated rings. The number of hydrogen-bond acceptors (Lipinski definition) is 4. The van der Waals surface area contributed by atoms with Crippen LogP contribution in [0.5, 0.6) is 0 Å². The number of nitrogens with zero attached hydrogens (tertiary/aromatic N) is 3. The van der Waals surface area contributed by atoms with Crippen LogP contribution in [0, 0.1) is 5.92 Å². The number of alkyl halides is 3. The number of para-hydroxylation sites is 2. The molecular weight excluding hydrogens is 421 g/mol. The number of amides is 2. The molecule has 0 bridgehead atoms.